The molecule has 0 saturated carbocycles. The molecule has 0 unspecified atom stereocenters. The maximum absolute atomic E-state index is 13.1. The van der Waals surface area contributed by atoms with Crippen molar-refractivity contribution in [3.05, 3.63) is 65.0 Å². The van der Waals surface area contributed by atoms with Crippen molar-refractivity contribution in [2.45, 2.75) is 12.7 Å². The quantitative estimate of drug-likeness (QED) is 0.942. The summed E-state index contributed by atoms with van der Waals surface area (Å²) in [5, 5.41) is 2.76. The van der Waals surface area contributed by atoms with E-state index in [1.807, 2.05) is 13.0 Å². The van der Waals surface area contributed by atoms with Crippen LogP contribution in [0.3, 0.4) is 0 Å². The molecule has 21 heavy (non-hydrogen) atoms. The van der Waals surface area contributed by atoms with Gasteiger partial charge in [-0.05, 0) is 42.3 Å². The Bertz CT molecular complexity index is 700. The van der Waals surface area contributed by atoms with Crippen LogP contribution >= 0.6 is 0 Å². The molecule has 3 nitrogen and oxygen atoms in total. The Morgan fingerprint density at radius 2 is 1.95 bits per heavy atom. The summed E-state index contributed by atoms with van der Waals surface area (Å²) in [6.07, 6.45) is 1.64. The third-order valence-corrected chi connectivity index (χ3v) is 3.86. The zero-order chi connectivity index (χ0) is 15.4. The van der Waals surface area contributed by atoms with Crippen LogP contribution in [0.1, 0.15) is 21.5 Å². The number of hydrogen-bond donors (Lipinski definition) is 1. The number of halogens is 1. The SMILES string of the molecule is Cc1c(C[S@](C)=O)cccc1NC(=O)c1cccc(F)c1. The van der Waals surface area contributed by atoms with Gasteiger partial charge in [0, 0.05) is 34.1 Å². The van der Waals surface area contributed by atoms with Gasteiger partial charge in [-0.1, -0.05) is 18.2 Å². The number of amides is 1. The third kappa shape index (κ3) is 3.98. The van der Waals surface area contributed by atoms with Crippen LogP contribution < -0.4 is 5.32 Å². The summed E-state index contributed by atoms with van der Waals surface area (Å²) in [6, 6.07) is 11.0. The van der Waals surface area contributed by atoms with Crippen LogP contribution in [0.25, 0.3) is 0 Å². The summed E-state index contributed by atoms with van der Waals surface area (Å²) in [5.74, 6) is -0.378. The summed E-state index contributed by atoms with van der Waals surface area (Å²) in [6.45, 7) is 1.86. The lowest BCUT2D eigenvalue weighted by molar-refractivity contribution is 0.102. The Balaban J connectivity index is 2.23. The van der Waals surface area contributed by atoms with Gasteiger partial charge in [-0.3, -0.25) is 9.00 Å². The fourth-order valence-electron chi connectivity index (χ4n) is 2.02. The van der Waals surface area contributed by atoms with Crippen LogP contribution in [-0.2, 0) is 16.6 Å². The molecule has 2 rings (SSSR count). The highest BCUT2D eigenvalue weighted by Gasteiger charge is 2.10. The number of rotatable bonds is 4. The summed E-state index contributed by atoms with van der Waals surface area (Å²) in [5.41, 5.74) is 2.71. The van der Waals surface area contributed by atoms with Crippen LogP contribution in [0.15, 0.2) is 42.5 Å². The second-order valence-corrected chi connectivity index (χ2v) is 6.21. The highest BCUT2D eigenvalue weighted by atomic mass is 32.2. The van der Waals surface area contributed by atoms with Crippen LogP contribution in [0.5, 0.6) is 0 Å². The van der Waals surface area contributed by atoms with Gasteiger partial charge in [-0.25, -0.2) is 4.39 Å². The first-order chi connectivity index (χ1) is 9.97. The molecule has 1 atom stereocenters. The average Bonchev–Trinajstić information content (AvgIpc) is 2.42. The third-order valence-electron chi connectivity index (χ3n) is 3.14. The number of carbonyl (C=O) groups excluding carboxylic acids is 1. The molecular weight excluding hydrogens is 289 g/mol. The first-order valence-corrected chi connectivity index (χ1v) is 8.15. The fraction of sp³-hybridized carbons (Fsp3) is 0.188. The van der Waals surface area contributed by atoms with Crippen molar-refractivity contribution in [1.29, 1.82) is 0 Å². The minimum Gasteiger partial charge on any atom is -0.322 e. The van der Waals surface area contributed by atoms with Gasteiger partial charge in [0.25, 0.3) is 5.91 Å². The second kappa shape index (κ2) is 6.63. The fourth-order valence-corrected chi connectivity index (χ4v) is 2.77. The van der Waals surface area contributed by atoms with Crippen LogP contribution in [0.4, 0.5) is 10.1 Å². The maximum atomic E-state index is 13.1. The molecule has 0 bridgehead atoms. The van der Waals surface area contributed by atoms with Crippen molar-refractivity contribution in [3.8, 4) is 0 Å². The van der Waals surface area contributed by atoms with E-state index in [0.717, 1.165) is 11.1 Å². The molecule has 2 aromatic rings. The van der Waals surface area contributed by atoms with Gasteiger partial charge in [0.05, 0.1) is 0 Å². The lowest BCUT2D eigenvalue weighted by Gasteiger charge is -2.12. The van der Waals surface area contributed by atoms with E-state index in [1.165, 1.54) is 18.2 Å². The zero-order valence-electron chi connectivity index (χ0n) is 11.9. The van der Waals surface area contributed by atoms with Gasteiger partial charge in [0.1, 0.15) is 5.82 Å². The molecular formula is C16H16FNO2S. The lowest BCUT2D eigenvalue weighted by Crippen LogP contribution is -2.13. The Labute approximate surface area is 125 Å². The first kappa shape index (κ1) is 15.4. The van der Waals surface area contributed by atoms with Gasteiger partial charge >= 0.3 is 0 Å². The lowest BCUT2D eigenvalue weighted by atomic mass is 10.1. The molecule has 0 saturated heterocycles. The summed E-state index contributed by atoms with van der Waals surface area (Å²) in [7, 11) is -0.949. The summed E-state index contributed by atoms with van der Waals surface area (Å²) in [4.78, 5) is 12.1. The van der Waals surface area contributed by atoms with Gasteiger partial charge in [-0.15, -0.1) is 0 Å². The van der Waals surface area contributed by atoms with E-state index >= 15 is 0 Å². The van der Waals surface area contributed by atoms with E-state index in [0.29, 0.717) is 11.4 Å². The number of hydrogen-bond acceptors (Lipinski definition) is 2. The monoisotopic (exact) mass is 305 g/mol. The standard InChI is InChI=1S/C16H16FNO2S/c1-11-13(10-21(2)20)6-4-8-15(11)18-16(19)12-5-3-7-14(17)9-12/h3-9H,10H2,1-2H3,(H,18,19)/t21-/m0/s1. The molecule has 1 N–H and O–H groups in total. The Morgan fingerprint density at radius 1 is 1.24 bits per heavy atom. The molecule has 0 aromatic heterocycles. The predicted octanol–water partition coefficient (Wildman–Crippen LogP) is 3.26. The molecule has 0 aliphatic rings. The van der Waals surface area contributed by atoms with Gasteiger partial charge < -0.3 is 5.32 Å². The molecule has 5 heteroatoms. The van der Waals surface area contributed by atoms with Crippen LogP contribution in [-0.4, -0.2) is 16.4 Å². The topological polar surface area (TPSA) is 46.2 Å². The number of carbonyl (C=O) groups is 1. The van der Waals surface area contributed by atoms with E-state index in [2.05, 4.69) is 5.32 Å². The highest BCUT2D eigenvalue weighted by Crippen LogP contribution is 2.21. The molecule has 1 amide bonds. The minimum atomic E-state index is -0.949. The zero-order valence-corrected chi connectivity index (χ0v) is 12.7. The van der Waals surface area contributed by atoms with E-state index in [-0.39, 0.29) is 11.5 Å². The Morgan fingerprint density at radius 3 is 2.62 bits per heavy atom. The molecule has 0 spiro atoms. The van der Waals surface area contributed by atoms with Crippen molar-refractivity contribution in [3.63, 3.8) is 0 Å². The largest absolute Gasteiger partial charge is 0.322 e. The molecule has 0 aliphatic carbocycles. The maximum Gasteiger partial charge on any atom is 0.255 e. The molecule has 2 aromatic carbocycles. The van der Waals surface area contributed by atoms with Gasteiger partial charge in [-0.2, -0.15) is 0 Å². The molecule has 0 aliphatic heterocycles. The molecule has 0 radical (unpaired) electrons. The van der Waals surface area contributed by atoms with Crippen molar-refractivity contribution in [2.24, 2.45) is 0 Å². The number of nitrogens with one attached hydrogen (secondary N) is 1. The van der Waals surface area contributed by atoms with Gasteiger partial charge in [0.2, 0.25) is 0 Å². The van der Waals surface area contributed by atoms with E-state index < -0.39 is 16.6 Å². The van der Waals surface area contributed by atoms with Crippen molar-refractivity contribution >= 4 is 22.4 Å². The molecule has 0 heterocycles. The van der Waals surface area contributed by atoms with Crippen LogP contribution in [0.2, 0.25) is 0 Å². The molecule has 110 valence electrons. The van der Waals surface area contributed by atoms with E-state index in [9.17, 15) is 13.4 Å². The average molecular weight is 305 g/mol. The smallest absolute Gasteiger partial charge is 0.255 e. The first-order valence-electron chi connectivity index (χ1n) is 6.43. The molecule has 0 fully saturated rings. The highest BCUT2D eigenvalue weighted by molar-refractivity contribution is 7.83. The summed E-state index contributed by atoms with van der Waals surface area (Å²) >= 11 is 0. The van der Waals surface area contributed by atoms with Crippen molar-refractivity contribution in [2.75, 3.05) is 11.6 Å². The van der Waals surface area contributed by atoms with Crippen LogP contribution in [0, 0.1) is 12.7 Å². The van der Waals surface area contributed by atoms with E-state index in [1.54, 1.807) is 24.5 Å². The predicted molar refractivity (Wildman–Crippen MR) is 83.3 cm³/mol. The Kier molecular flexibility index (Phi) is 4.85. The van der Waals surface area contributed by atoms with Crippen molar-refractivity contribution in [1.82, 2.24) is 0 Å². The Hall–Kier alpha value is -2.01. The normalized spacial score (nSPS) is 12.0. The minimum absolute atomic E-state index is 0.263. The van der Waals surface area contributed by atoms with Crippen molar-refractivity contribution < 1.29 is 13.4 Å². The number of benzene rings is 2. The second-order valence-electron chi connectivity index (χ2n) is 4.77. The number of anilines is 1. The van der Waals surface area contributed by atoms with Gasteiger partial charge in [0.15, 0.2) is 0 Å². The van der Waals surface area contributed by atoms with E-state index in [4.69, 9.17) is 0 Å². The summed E-state index contributed by atoms with van der Waals surface area (Å²) < 4.78 is 24.5.